The van der Waals surface area contributed by atoms with Crippen LogP contribution in [-0.4, -0.2) is 29.2 Å². The highest BCUT2D eigenvalue weighted by molar-refractivity contribution is 8.02. The minimum Gasteiger partial charge on any atom is -0.466 e. The minimum atomic E-state index is -0.313. The van der Waals surface area contributed by atoms with Gasteiger partial charge in [0, 0.05) is 17.6 Å². The van der Waals surface area contributed by atoms with Gasteiger partial charge in [-0.2, -0.15) is 0 Å². The van der Waals surface area contributed by atoms with Crippen molar-refractivity contribution in [1.82, 2.24) is 4.98 Å². The van der Waals surface area contributed by atoms with Crippen LogP contribution in [0.15, 0.2) is 41.1 Å². The summed E-state index contributed by atoms with van der Waals surface area (Å²) in [5.74, 6) is 0.292. The van der Waals surface area contributed by atoms with E-state index in [-0.39, 0.29) is 18.3 Å². The van der Waals surface area contributed by atoms with Gasteiger partial charge in [-0.05, 0) is 24.0 Å². The fourth-order valence-electron chi connectivity index (χ4n) is 1.90. The minimum absolute atomic E-state index is 0.0855. The van der Waals surface area contributed by atoms with Crippen molar-refractivity contribution in [2.75, 3.05) is 17.7 Å². The Bertz CT molecular complexity index is 714. The lowest BCUT2D eigenvalue weighted by Crippen LogP contribution is -2.12. The van der Waals surface area contributed by atoms with Gasteiger partial charge in [0.25, 0.3) is 0 Å². The molecule has 0 aliphatic heterocycles. The molecule has 1 aromatic carbocycles. The molecular formula is C18H20N2O3S2. The van der Waals surface area contributed by atoms with E-state index in [1.165, 1.54) is 11.3 Å². The molecule has 0 unspecified atom stereocenters. The molecule has 0 saturated carbocycles. The average molecular weight is 377 g/mol. The second-order valence-corrected chi connectivity index (χ2v) is 6.88. The third-order valence-corrected chi connectivity index (χ3v) is 4.61. The standard InChI is InChI=1S/C18H20N2O3S2/c1-2-23-17(22)12-15-13-25-18(19-15)20-16(21)9-11-24-10-8-14-6-4-3-5-7-14/h3-8,10,13H,2,9,11-12H2,1H3,(H,19,20,21)/b10-8-. The Balaban J connectivity index is 1.67. The summed E-state index contributed by atoms with van der Waals surface area (Å²) in [7, 11) is 0. The Morgan fingerprint density at radius 1 is 1.32 bits per heavy atom. The topological polar surface area (TPSA) is 68.3 Å². The predicted octanol–water partition coefficient (Wildman–Crippen LogP) is 3.98. The van der Waals surface area contributed by atoms with Gasteiger partial charge in [0.2, 0.25) is 5.91 Å². The number of hydrogen-bond acceptors (Lipinski definition) is 6. The van der Waals surface area contributed by atoms with Gasteiger partial charge in [-0.15, -0.1) is 23.1 Å². The van der Waals surface area contributed by atoms with Crippen LogP contribution in [0.4, 0.5) is 5.13 Å². The van der Waals surface area contributed by atoms with E-state index < -0.39 is 0 Å². The Labute approximate surface area is 155 Å². The molecule has 2 aromatic rings. The van der Waals surface area contributed by atoms with E-state index in [1.807, 2.05) is 41.8 Å². The van der Waals surface area contributed by atoms with Crippen molar-refractivity contribution in [3.8, 4) is 0 Å². The number of rotatable bonds is 9. The maximum Gasteiger partial charge on any atom is 0.311 e. The van der Waals surface area contributed by atoms with Crippen molar-refractivity contribution in [1.29, 1.82) is 0 Å². The lowest BCUT2D eigenvalue weighted by Gasteiger charge is -2.00. The molecule has 0 radical (unpaired) electrons. The number of benzene rings is 1. The van der Waals surface area contributed by atoms with E-state index in [1.54, 1.807) is 24.1 Å². The van der Waals surface area contributed by atoms with Gasteiger partial charge in [-0.3, -0.25) is 9.59 Å². The Kier molecular flexibility index (Phi) is 8.21. The Hall–Kier alpha value is -2.12. The lowest BCUT2D eigenvalue weighted by atomic mass is 10.2. The third kappa shape index (κ3) is 7.53. The maximum absolute atomic E-state index is 11.9. The summed E-state index contributed by atoms with van der Waals surface area (Å²) in [5, 5.41) is 7.01. The highest BCUT2D eigenvalue weighted by Gasteiger charge is 2.10. The van der Waals surface area contributed by atoms with Gasteiger partial charge in [0.15, 0.2) is 5.13 Å². The molecule has 7 heteroatoms. The number of ether oxygens (including phenoxy) is 1. The molecule has 0 bridgehead atoms. The molecule has 1 N–H and O–H groups in total. The highest BCUT2D eigenvalue weighted by Crippen LogP contribution is 2.17. The first-order valence-corrected chi connectivity index (χ1v) is 9.83. The van der Waals surface area contributed by atoms with Crippen molar-refractivity contribution < 1.29 is 14.3 Å². The number of carbonyl (C=O) groups is 2. The summed E-state index contributed by atoms with van der Waals surface area (Å²) in [6.45, 7) is 2.11. The number of aromatic nitrogens is 1. The number of thiazole rings is 1. The third-order valence-electron chi connectivity index (χ3n) is 3.03. The van der Waals surface area contributed by atoms with Gasteiger partial charge in [-0.1, -0.05) is 30.3 Å². The molecule has 0 aliphatic carbocycles. The first kappa shape index (κ1) is 19.2. The normalized spacial score (nSPS) is 10.8. The van der Waals surface area contributed by atoms with Crippen molar-refractivity contribution >= 4 is 46.2 Å². The van der Waals surface area contributed by atoms with Crippen LogP contribution in [0.25, 0.3) is 6.08 Å². The van der Waals surface area contributed by atoms with E-state index in [4.69, 9.17) is 4.74 Å². The molecule has 5 nitrogen and oxygen atoms in total. The molecule has 1 heterocycles. The van der Waals surface area contributed by atoms with E-state index in [9.17, 15) is 9.59 Å². The van der Waals surface area contributed by atoms with Crippen LogP contribution in [0.3, 0.4) is 0 Å². The van der Waals surface area contributed by atoms with Crippen LogP contribution in [0.1, 0.15) is 24.6 Å². The van der Waals surface area contributed by atoms with Crippen LogP contribution < -0.4 is 5.32 Å². The number of esters is 1. The maximum atomic E-state index is 11.9. The van der Waals surface area contributed by atoms with E-state index in [2.05, 4.69) is 10.3 Å². The number of nitrogens with one attached hydrogen (secondary N) is 1. The summed E-state index contributed by atoms with van der Waals surface area (Å²) >= 11 is 2.89. The van der Waals surface area contributed by atoms with Crippen molar-refractivity contribution in [2.45, 2.75) is 19.8 Å². The van der Waals surface area contributed by atoms with Gasteiger partial charge >= 0.3 is 5.97 Å². The lowest BCUT2D eigenvalue weighted by molar-refractivity contribution is -0.142. The zero-order valence-electron chi connectivity index (χ0n) is 13.9. The molecule has 0 aliphatic rings. The van der Waals surface area contributed by atoms with Crippen molar-refractivity contribution in [2.24, 2.45) is 0 Å². The first-order valence-electron chi connectivity index (χ1n) is 7.90. The number of carbonyl (C=O) groups excluding carboxylic acids is 2. The van der Waals surface area contributed by atoms with Crippen molar-refractivity contribution in [3.63, 3.8) is 0 Å². The molecule has 2 rings (SSSR count). The molecule has 1 amide bonds. The molecule has 0 atom stereocenters. The van der Waals surface area contributed by atoms with Gasteiger partial charge in [0.05, 0.1) is 18.7 Å². The molecule has 132 valence electrons. The van der Waals surface area contributed by atoms with Crippen LogP contribution in [-0.2, 0) is 20.7 Å². The monoisotopic (exact) mass is 376 g/mol. The zero-order valence-corrected chi connectivity index (χ0v) is 15.6. The SMILES string of the molecule is CCOC(=O)Cc1csc(NC(=O)CCS/C=C\c2ccccc2)n1. The fraction of sp³-hybridized carbons (Fsp3) is 0.278. The first-order chi connectivity index (χ1) is 12.2. The van der Waals surface area contributed by atoms with E-state index in [0.717, 1.165) is 5.56 Å². The molecular weight excluding hydrogens is 356 g/mol. The Morgan fingerprint density at radius 2 is 2.12 bits per heavy atom. The predicted molar refractivity (Wildman–Crippen MR) is 104 cm³/mol. The largest absolute Gasteiger partial charge is 0.466 e. The molecule has 0 spiro atoms. The highest BCUT2D eigenvalue weighted by atomic mass is 32.2. The van der Waals surface area contributed by atoms with Gasteiger partial charge in [-0.25, -0.2) is 4.98 Å². The van der Waals surface area contributed by atoms with Crippen LogP contribution in [0, 0.1) is 0 Å². The summed E-state index contributed by atoms with van der Waals surface area (Å²) in [5.41, 5.74) is 1.75. The summed E-state index contributed by atoms with van der Waals surface area (Å²) in [4.78, 5) is 27.5. The summed E-state index contributed by atoms with van der Waals surface area (Å²) < 4.78 is 4.87. The quantitative estimate of drug-likeness (QED) is 0.529. The summed E-state index contributed by atoms with van der Waals surface area (Å²) in [6.07, 6.45) is 2.54. The van der Waals surface area contributed by atoms with E-state index >= 15 is 0 Å². The fourth-order valence-corrected chi connectivity index (χ4v) is 3.32. The van der Waals surface area contributed by atoms with Crippen LogP contribution in [0.2, 0.25) is 0 Å². The smallest absolute Gasteiger partial charge is 0.311 e. The van der Waals surface area contributed by atoms with Crippen LogP contribution >= 0.6 is 23.1 Å². The Morgan fingerprint density at radius 3 is 2.88 bits per heavy atom. The van der Waals surface area contributed by atoms with Gasteiger partial charge < -0.3 is 10.1 Å². The number of hydrogen-bond donors (Lipinski definition) is 1. The van der Waals surface area contributed by atoms with Crippen LogP contribution in [0.5, 0.6) is 0 Å². The second kappa shape index (κ2) is 10.7. The number of nitrogens with zero attached hydrogens (tertiary/aromatic N) is 1. The molecule has 25 heavy (non-hydrogen) atoms. The molecule has 0 saturated heterocycles. The van der Waals surface area contributed by atoms with E-state index in [0.29, 0.717) is 29.6 Å². The summed E-state index contributed by atoms with van der Waals surface area (Å²) in [6, 6.07) is 10.0. The number of thioether (sulfide) groups is 1. The van der Waals surface area contributed by atoms with Gasteiger partial charge in [0.1, 0.15) is 0 Å². The number of anilines is 1. The number of amides is 1. The zero-order chi connectivity index (χ0) is 17.9. The van der Waals surface area contributed by atoms with Crippen molar-refractivity contribution in [3.05, 3.63) is 52.4 Å². The second-order valence-electron chi connectivity index (χ2n) is 5.01. The average Bonchev–Trinajstić information content (AvgIpc) is 3.02. The molecule has 1 aromatic heterocycles. The molecule has 0 fully saturated rings.